The van der Waals surface area contributed by atoms with Gasteiger partial charge >= 0.3 is 5.97 Å². The van der Waals surface area contributed by atoms with Crippen LogP contribution >= 0.6 is 0 Å². The van der Waals surface area contributed by atoms with Crippen LogP contribution in [0.25, 0.3) is 0 Å². The quantitative estimate of drug-likeness (QED) is 0.860. The van der Waals surface area contributed by atoms with Gasteiger partial charge in [0.1, 0.15) is 0 Å². The molecule has 1 fully saturated rings. The molecule has 116 valence electrons. The van der Waals surface area contributed by atoms with Crippen LogP contribution in [-0.2, 0) is 4.79 Å². The molecule has 1 unspecified atom stereocenters. The predicted octanol–water partition coefficient (Wildman–Crippen LogP) is 4.04. The molecule has 3 nitrogen and oxygen atoms in total. The van der Waals surface area contributed by atoms with Gasteiger partial charge in [-0.15, -0.1) is 0 Å². The molecule has 0 bridgehead atoms. The average Bonchev–Trinajstić information content (AvgIpc) is 2.74. The van der Waals surface area contributed by atoms with Crippen LogP contribution in [0, 0.1) is 26.2 Å². The van der Waals surface area contributed by atoms with Gasteiger partial charge < -0.3 is 10.8 Å². The van der Waals surface area contributed by atoms with E-state index in [-0.39, 0.29) is 17.9 Å². The molecule has 1 saturated carbocycles. The minimum Gasteiger partial charge on any atom is -0.481 e. The van der Waals surface area contributed by atoms with Gasteiger partial charge in [0.05, 0.1) is 6.42 Å². The number of hydrogen-bond acceptors (Lipinski definition) is 2. The second-order valence-corrected chi connectivity index (χ2v) is 6.90. The number of benzene rings is 1. The van der Waals surface area contributed by atoms with Crippen molar-refractivity contribution < 1.29 is 9.90 Å². The summed E-state index contributed by atoms with van der Waals surface area (Å²) in [6.45, 7) is 6.31. The van der Waals surface area contributed by atoms with Gasteiger partial charge in [0.25, 0.3) is 0 Å². The standard InChI is InChI=1S/C18H27NO2/c1-12-8-13(2)17(14(3)9-12)15(19)10-18(11-16(20)21)6-4-5-7-18/h8-9,15H,4-7,10-11,19H2,1-3H3,(H,20,21). The highest BCUT2D eigenvalue weighted by Gasteiger charge is 2.38. The van der Waals surface area contributed by atoms with Gasteiger partial charge in [-0.25, -0.2) is 0 Å². The molecule has 0 amide bonds. The fourth-order valence-electron chi connectivity index (χ4n) is 4.24. The van der Waals surface area contributed by atoms with Crippen LogP contribution in [0.4, 0.5) is 0 Å². The summed E-state index contributed by atoms with van der Waals surface area (Å²) in [6, 6.07) is 4.27. The summed E-state index contributed by atoms with van der Waals surface area (Å²) in [5, 5.41) is 9.23. The van der Waals surface area contributed by atoms with Gasteiger partial charge in [-0.2, -0.15) is 0 Å². The minimum absolute atomic E-state index is 0.0666. The molecular weight excluding hydrogens is 262 g/mol. The lowest BCUT2D eigenvalue weighted by Crippen LogP contribution is -2.27. The van der Waals surface area contributed by atoms with E-state index in [1.807, 2.05) is 0 Å². The summed E-state index contributed by atoms with van der Waals surface area (Å²) in [6.07, 6.45) is 5.29. The Kier molecular flexibility index (Phi) is 4.72. The van der Waals surface area contributed by atoms with Crippen molar-refractivity contribution in [1.82, 2.24) is 0 Å². The van der Waals surface area contributed by atoms with Gasteiger partial charge in [-0.1, -0.05) is 30.5 Å². The number of carbonyl (C=O) groups is 1. The van der Waals surface area contributed by atoms with Crippen molar-refractivity contribution in [2.24, 2.45) is 11.1 Å². The number of rotatable bonds is 5. The summed E-state index contributed by atoms with van der Waals surface area (Å²) in [7, 11) is 0. The molecule has 1 aromatic rings. The summed E-state index contributed by atoms with van der Waals surface area (Å²) < 4.78 is 0. The Labute approximate surface area is 127 Å². The predicted molar refractivity (Wildman–Crippen MR) is 85.4 cm³/mol. The molecule has 0 aromatic heterocycles. The van der Waals surface area contributed by atoms with Crippen LogP contribution < -0.4 is 5.73 Å². The molecule has 0 radical (unpaired) electrons. The van der Waals surface area contributed by atoms with E-state index < -0.39 is 5.97 Å². The summed E-state index contributed by atoms with van der Waals surface area (Å²) >= 11 is 0. The molecular formula is C18H27NO2. The van der Waals surface area contributed by atoms with Gasteiger partial charge in [-0.05, 0) is 62.1 Å². The van der Waals surface area contributed by atoms with Gasteiger partial charge in [-0.3, -0.25) is 4.79 Å². The monoisotopic (exact) mass is 289 g/mol. The first kappa shape index (κ1) is 16.0. The molecule has 2 rings (SSSR count). The fourth-order valence-corrected chi connectivity index (χ4v) is 4.24. The molecule has 0 saturated heterocycles. The highest BCUT2D eigenvalue weighted by molar-refractivity contribution is 5.67. The second kappa shape index (κ2) is 6.18. The zero-order valence-corrected chi connectivity index (χ0v) is 13.4. The van der Waals surface area contributed by atoms with E-state index in [0.717, 1.165) is 32.1 Å². The third kappa shape index (κ3) is 3.65. The molecule has 1 atom stereocenters. The number of carboxylic acids is 1. The lowest BCUT2D eigenvalue weighted by molar-refractivity contribution is -0.139. The second-order valence-electron chi connectivity index (χ2n) is 6.90. The van der Waals surface area contributed by atoms with E-state index in [9.17, 15) is 9.90 Å². The van der Waals surface area contributed by atoms with Crippen molar-refractivity contribution in [3.63, 3.8) is 0 Å². The van der Waals surface area contributed by atoms with Crippen LogP contribution in [0.1, 0.15) is 66.8 Å². The highest BCUT2D eigenvalue weighted by Crippen LogP contribution is 2.47. The molecule has 1 aliphatic rings. The molecule has 3 N–H and O–H groups in total. The number of aryl methyl sites for hydroxylation is 3. The Morgan fingerprint density at radius 3 is 2.24 bits per heavy atom. The van der Waals surface area contributed by atoms with Crippen LogP contribution in [0.2, 0.25) is 0 Å². The van der Waals surface area contributed by atoms with Crippen molar-refractivity contribution in [1.29, 1.82) is 0 Å². The van der Waals surface area contributed by atoms with Crippen LogP contribution in [-0.4, -0.2) is 11.1 Å². The van der Waals surface area contributed by atoms with Crippen LogP contribution in [0.3, 0.4) is 0 Å². The molecule has 21 heavy (non-hydrogen) atoms. The van der Waals surface area contributed by atoms with E-state index in [1.54, 1.807) is 0 Å². The molecule has 3 heteroatoms. The normalized spacial score (nSPS) is 18.7. The van der Waals surface area contributed by atoms with E-state index in [0.29, 0.717) is 0 Å². The summed E-state index contributed by atoms with van der Waals surface area (Å²) in [4.78, 5) is 11.2. The Morgan fingerprint density at radius 2 is 1.76 bits per heavy atom. The molecule has 0 aliphatic heterocycles. The molecule has 1 aliphatic carbocycles. The smallest absolute Gasteiger partial charge is 0.303 e. The topological polar surface area (TPSA) is 63.3 Å². The Balaban J connectivity index is 2.23. The maximum Gasteiger partial charge on any atom is 0.303 e. The van der Waals surface area contributed by atoms with Crippen molar-refractivity contribution in [3.05, 3.63) is 34.4 Å². The average molecular weight is 289 g/mol. The Hall–Kier alpha value is -1.35. The first-order valence-corrected chi connectivity index (χ1v) is 7.88. The summed E-state index contributed by atoms with van der Waals surface area (Å²) in [5.74, 6) is -0.693. The van der Waals surface area contributed by atoms with Gasteiger partial charge in [0.2, 0.25) is 0 Å². The van der Waals surface area contributed by atoms with Crippen molar-refractivity contribution in [2.75, 3.05) is 0 Å². The lowest BCUT2D eigenvalue weighted by atomic mass is 9.75. The largest absolute Gasteiger partial charge is 0.481 e. The van der Waals surface area contributed by atoms with Gasteiger partial charge in [0.15, 0.2) is 0 Å². The Morgan fingerprint density at radius 1 is 1.24 bits per heavy atom. The first-order valence-electron chi connectivity index (χ1n) is 7.88. The minimum atomic E-state index is -0.693. The van der Waals surface area contributed by atoms with Crippen molar-refractivity contribution >= 4 is 5.97 Å². The van der Waals surface area contributed by atoms with Crippen molar-refractivity contribution in [3.8, 4) is 0 Å². The van der Waals surface area contributed by atoms with E-state index in [4.69, 9.17) is 5.73 Å². The lowest BCUT2D eigenvalue weighted by Gasteiger charge is -2.31. The zero-order chi connectivity index (χ0) is 15.6. The maximum atomic E-state index is 11.2. The highest BCUT2D eigenvalue weighted by atomic mass is 16.4. The van der Waals surface area contributed by atoms with E-state index >= 15 is 0 Å². The third-order valence-electron chi connectivity index (χ3n) is 4.95. The zero-order valence-electron chi connectivity index (χ0n) is 13.4. The molecule has 1 aromatic carbocycles. The van der Waals surface area contributed by atoms with Gasteiger partial charge in [0, 0.05) is 6.04 Å². The van der Waals surface area contributed by atoms with Crippen LogP contribution in [0.15, 0.2) is 12.1 Å². The SMILES string of the molecule is Cc1cc(C)c(C(N)CC2(CC(=O)O)CCCC2)c(C)c1. The summed E-state index contributed by atoms with van der Waals surface area (Å²) in [5.41, 5.74) is 11.3. The van der Waals surface area contributed by atoms with Crippen molar-refractivity contribution in [2.45, 2.75) is 65.3 Å². The maximum absolute atomic E-state index is 11.2. The third-order valence-corrected chi connectivity index (χ3v) is 4.95. The molecule has 0 spiro atoms. The fraction of sp³-hybridized carbons (Fsp3) is 0.611. The number of carboxylic acid groups (broad SMARTS) is 1. The van der Waals surface area contributed by atoms with Crippen LogP contribution in [0.5, 0.6) is 0 Å². The Bertz CT molecular complexity index is 507. The number of aliphatic carboxylic acids is 1. The van der Waals surface area contributed by atoms with E-state index in [1.165, 1.54) is 22.3 Å². The van der Waals surface area contributed by atoms with E-state index in [2.05, 4.69) is 32.9 Å². The number of nitrogens with two attached hydrogens (primary N) is 1. The number of hydrogen-bond donors (Lipinski definition) is 2. The molecule has 0 heterocycles. The first-order chi connectivity index (χ1) is 9.83.